The molecule has 0 radical (unpaired) electrons. The minimum atomic E-state index is 0. The second kappa shape index (κ2) is 5.82. The van der Waals surface area contributed by atoms with Crippen LogP contribution in [0.5, 0.6) is 0 Å². The Morgan fingerprint density at radius 2 is 1.67 bits per heavy atom. The van der Waals surface area contributed by atoms with Gasteiger partial charge < -0.3 is 24.0 Å². The van der Waals surface area contributed by atoms with Crippen LogP contribution in [0.15, 0.2) is 42.5 Å². The molecule has 0 N–H and O–H groups in total. The van der Waals surface area contributed by atoms with Gasteiger partial charge >= 0.3 is 45.5 Å². The molecule has 0 aliphatic heterocycles. The van der Waals surface area contributed by atoms with E-state index < -0.39 is 0 Å². The van der Waals surface area contributed by atoms with Gasteiger partial charge in [-0.15, -0.1) is 5.56 Å². The Bertz CT molecular complexity index is 422. The zero-order valence-electron chi connectivity index (χ0n) is 8.33. The molecule has 0 nitrogen and oxygen atoms in total. The maximum absolute atomic E-state index is 3.30. The third-order valence-corrected chi connectivity index (χ3v) is 2.62. The van der Waals surface area contributed by atoms with E-state index in [-0.39, 0.29) is 69.5 Å². The Morgan fingerprint density at radius 1 is 0.933 bits per heavy atom. The molecule has 3 rings (SSSR count). The van der Waals surface area contributed by atoms with Gasteiger partial charge in [0.15, 0.2) is 0 Å². The summed E-state index contributed by atoms with van der Waals surface area (Å²) in [5.41, 5.74) is 5.51. The summed E-state index contributed by atoms with van der Waals surface area (Å²) in [4.78, 5) is 0. The molecule has 0 amide bonds. The van der Waals surface area contributed by atoms with E-state index in [1.54, 1.807) is 0 Å². The zero-order chi connectivity index (χ0) is 8.67. The van der Waals surface area contributed by atoms with E-state index in [0.29, 0.717) is 0 Å². The van der Waals surface area contributed by atoms with Gasteiger partial charge in [-0.3, -0.25) is 0 Å². The predicted octanol–water partition coefficient (Wildman–Crippen LogP) is -0.319. The normalized spacial score (nSPS) is 10.7. The third-order valence-electron chi connectivity index (χ3n) is 2.62. The smallest absolute Gasteiger partial charge is 1.00 e. The van der Waals surface area contributed by atoms with Crippen molar-refractivity contribution in [3.8, 4) is 11.1 Å². The minimum absolute atomic E-state index is 0. The van der Waals surface area contributed by atoms with Crippen LogP contribution >= 0.6 is 0 Å². The number of fused-ring (bicyclic) bond motifs is 3. The molecular weight excluding hydrogens is 371 g/mol. The van der Waals surface area contributed by atoms with Crippen molar-refractivity contribution < 1.29 is 24.0 Å². The molecule has 2 aromatic rings. The van der Waals surface area contributed by atoms with Crippen molar-refractivity contribution in [2.24, 2.45) is 0 Å². The van der Waals surface area contributed by atoms with E-state index in [9.17, 15) is 0 Å². The second-order valence-corrected chi connectivity index (χ2v) is 3.40. The van der Waals surface area contributed by atoms with Crippen molar-refractivity contribution in [2.75, 3.05) is 0 Å². The number of hydrogen-bond donors (Lipinski definition) is 0. The average Bonchev–Trinajstić information content (AvgIpc) is 2.56. The molecule has 0 heterocycles. The molecule has 70 valence electrons. The van der Waals surface area contributed by atoms with Crippen molar-refractivity contribution in [1.29, 1.82) is 0 Å². The monoisotopic (exact) mass is 380 g/mol. The van der Waals surface area contributed by atoms with Crippen LogP contribution in [0.1, 0.15) is 11.1 Å². The van der Waals surface area contributed by atoms with Gasteiger partial charge in [0, 0.05) is 0 Å². The van der Waals surface area contributed by atoms with Gasteiger partial charge in [0.05, 0.1) is 0 Å². The number of rotatable bonds is 0. The van der Waals surface area contributed by atoms with Gasteiger partial charge in [-0.2, -0.15) is 29.8 Å². The predicted molar refractivity (Wildman–Crippen MR) is 59.3 cm³/mol. The standard InChI is InChI=1S/C13H9.HI.Sr/c1-3-7-12-10(5-1)9-11-6-2-4-8-13(11)12;;/h1-5,7-8H,9H2;1H;/q-1;;+2/p-1. The molecule has 0 atom stereocenters. The first-order valence-electron chi connectivity index (χ1n) is 4.53. The summed E-state index contributed by atoms with van der Waals surface area (Å²) in [6.45, 7) is 0. The fourth-order valence-electron chi connectivity index (χ4n) is 2.00. The quantitative estimate of drug-likeness (QED) is 0.285. The van der Waals surface area contributed by atoms with Gasteiger partial charge in [0.25, 0.3) is 0 Å². The topological polar surface area (TPSA) is 0 Å². The average molecular weight is 380 g/mol. The van der Waals surface area contributed by atoms with Gasteiger partial charge in [-0.05, 0) is 6.42 Å². The van der Waals surface area contributed by atoms with E-state index in [1.165, 1.54) is 22.3 Å². The van der Waals surface area contributed by atoms with Crippen LogP contribution < -0.4 is 24.0 Å². The van der Waals surface area contributed by atoms with Crippen LogP contribution in [-0.2, 0) is 6.42 Å². The summed E-state index contributed by atoms with van der Waals surface area (Å²) in [5.74, 6) is 0. The maximum atomic E-state index is 3.30. The summed E-state index contributed by atoms with van der Waals surface area (Å²) < 4.78 is 0. The van der Waals surface area contributed by atoms with Crippen LogP contribution in [0.25, 0.3) is 11.1 Å². The van der Waals surface area contributed by atoms with E-state index >= 15 is 0 Å². The number of halogens is 1. The van der Waals surface area contributed by atoms with Crippen LogP contribution in [0.4, 0.5) is 0 Å². The van der Waals surface area contributed by atoms with Gasteiger partial charge in [0.1, 0.15) is 0 Å². The van der Waals surface area contributed by atoms with Crippen LogP contribution in [0.3, 0.4) is 0 Å². The summed E-state index contributed by atoms with van der Waals surface area (Å²) in [6, 6.07) is 18.1. The largest absolute Gasteiger partial charge is 2.00 e. The van der Waals surface area contributed by atoms with Gasteiger partial charge in [0.2, 0.25) is 0 Å². The summed E-state index contributed by atoms with van der Waals surface area (Å²) >= 11 is 0. The van der Waals surface area contributed by atoms with E-state index in [4.69, 9.17) is 0 Å². The van der Waals surface area contributed by atoms with Crippen LogP contribution in [0.2, 0.25) is 0 Å². The van der Waals surface area contributed by atoms with Crippen molar-refractivity contribution in [3.05, 3.63) is 59.7 Å². The van der Waals surface area contributed by atoms with Crippen molar-refractivity contribution in [1.82, 2.24) is 0 Å². The van der Waals surface area contributed by atoms with Crippen molar-refractivity contribution in [2.45, 2.75) is 6.42 Å². The van der Waals surface area contributed by atoms with E-state index in [1.807, 2.05) is 6.07 Å². The Hall–Kier alpha value is 0.651. The minimum Gasteiger partial charge on any atom is -1.00 e. The molecule has 1 aliphatic carbocycles. The fourth-order valence-corrected chi connectivity index (χ4v) is 2.00. The van der Waals surface area contributed by atoms with Crippen LogP contribution in [-0.4, -0.2) is 45.5 Å². The molecule has 2 aromatic carbocycles. The summed E-state index contributed by atoms with van der Waals surface area (Å²) in [6.07, 6.45) is 1.05. The Balaban J connectivity index is 0.000000562. The SMILES string of the molecule is [I-].[Sr+2].[c-]1cccc2c1Cc1ccccc1-2. The Kier molecular flexibility index (Phi) is 5.32. The molecule has 2 heteroatoms. The third kappa shape index (κ3) is 2.50. The molecule has 1 aliphatic rings. The first-order chi connectivity index (χ1) is 6.45. The molecule has 0 aromatic heterocycles. The summed E-state index contributed by atoms with van der Waals surface area (Å²) in [5, 5.41) is 0. The summed E-state index contributed by atoms with van der Waals surface area (Å²) in [7, 11) is 0. The van der Waals surface area contributed by atoms with Crippen molar-refractivity contribution in [3.63, 3.8) is 0 Å². The Labute approximate surface area is 144 Å². The molecule has 0 saturated heterocycles. The molecule has 0 spiro atoms. The molecule has 0 saturated carbocycles. The second-order valence-electron chi connectivity index (χ2n) is 3.40. The molecule has 0 unspecified atom stereocenters. The molecule has 0 fully saturated rings. The van der Waals surface area contributed by atoms with Gasteiger partial charge in [-0.25, -0.2) is 0 Å². The van der Waals surface area contributed by atoms with E-state index in [2.05, 4.69) is 42.5 Å². The first-order valence-corrected chi connectivity index (χ1v) is 4.53. The molecular formula is C13H9ISr. The number of benzene rings is 2. The molecule has 15 heavy (non-hydrogen) atoms. The zero-order valence-corrected chi connectivity index (χ0v) is 14.0. The van der Waals surface area contributed by atoms with Crippen LogP contribution in [0, 0.1) is 6.07 Å². The van der Waals surface area contributed by atoms with E-state index in [0.717, 1.165) is 6.42 Å². The first kappa shape index (κ1) is 13.7. The van der Waals surface area contributed by atoms with Crippen molar-refractivity contribution >= 4 is 45.5 Å². The maximum Gasteiger partial charge on any atom is 2.00 e. The Morgan fingerprint density at radius 3 is 2.53 bits per heavy atom. The fraction of sp³-hybridized carbons (Fsp3) is 0.0769. The van der Waals surface area contributed by atoms with Gasteiger partial charge in [-0.1, -0.05) is 35.4 Å². The number of hydrogen-bond acceptors (Lipinski definition) is 0. The molecule has 0 bridgehead atoms.